The molecule has 0 fully saturated rings. The fourth-order valence-corrected chi connectivity index (χ4v) is 3.80. The molecule has 2 aromatic rings. The largest absolute Gasteiger partial charge is 0.444 e. The topological polar surface area (TPSA) is 87.7 Å². The molecule has 0 aromatic heterocycles. The summed E-state index contributed by atoms with van der Waals surface area (Å²) >= 11 is 0. The SMILES string of the molecule is Cc1ccccc1C(C(=O)Nc1c(C)cccc1C)N(C(=O)CNC(=O)OC(C)(C)C)C(C)C. The second kappa shape index (κ2) is 11.2. The molecule has 34 heavy (non-hydrogen) atoms. The second-order valence-electron chi connectivity index (χ2n) is 9.77. The van der Waals surface area contributed by atoms with Gasteiger partial charge in [0, 0.05) is 11.7 Å². The molecular weight excluding hydrogens is 430 g/mol. The first-order valence-electron chi connectivity index (χ1n) is 11.5. The summed E-state index contributed by atoms with van der Waals surface area (Å²) < 4.78 is 5.25. The molecule has 2 N–H and O–H groups in total. The summed E-state index contributed by atoms with van der Waals surface area (Å²) in [6.45, 7) is 14.4. The third-order valence-corrected chi connectivity index (χ3v) is 5.37. The van der Waals surface area contributed by atoms with Gasteiger partial charge in [0.2, 0.25) is 5.91 Å². The highest BCUT2D eigenvalue weighted by molar-refractivity contribution is 5.99. The van der Waals surface area contributed by atoms with Crippen LogP contribution in [0.5, 0.6) is 0 Å². The zero-order valence-electron chi connectivity index (χ0n) is 21.5. The molecule has 0 saturated carbocycles. The summed E-state index contributed by atoms with van der Waals surface area (Å²) in [5.41, 5.74) is 3.54. The van der Waals surface area contributed by atoms with Crippen LogP contribution in [0.4, 0.5) is 10.5 Å². The first-order valence-corrected chi connectivity index (χ1v) is 11.5. The van der Waals surface area contributed by atoms with Crippen LogP contribution >= 0.6 is 0 Å². The molecule has 2 aromatic carbocycles. The first-order chi connectivity index (χ1) is 15.8. The van der Waals surface area contributed by atoms with Gasteiger partial charge in [-0.25, -0.2) is 4.79 Å². The van der Waals surface area contributed by atoms with Gasteiger partial charge < -0.3 is 20.3 Å². The van der Waals surface area contributed by atoms with E-state index in [0.29, 0.717) is 0 Å². The minimum absolute atomic E-state index is 0.286. The lowest BCUT2D eigenvalue weighted by Gasteiger charge is -2.35. The predicted octanol–water partition coefficient (Wildman–Crippen LogP) is 5.05. The van der Waals surface area contributed by atoms with Crippen molar-refractivity contribution in [3.8, 4) is 0 Å². The molecule has 0 radical (unpaired) electrons. The van der Waals surface area contributed by atoms with Crippen LogP contribution in [0.1, 0.15) is 62.9 Å². The van der Waals surface area contributed by atoms with Crippen LogP contribution in [-0.4, -0.2) is 41.0 Å². The lowest BCUT2D eigenvalue weighted by atomic mass is 9.97. The van der Waals surface area contributed by atoms with E-state index in [9.17, 15) is 14.4 Å². The van der Waals surface area contributed by atoms with Crippen LogP contribution in [-0.2, 0) is 14.3 Å². The van der Waals surface area contributed by atoms with Crippen molar-refractivity contribution in [2.75, 3.05) is 11.9 Å². The highest BCUT2D eigenvalue weighted by Crippen LogP contribution is 2.29. The van der Waals surface area contributed by atoms with Gasteiger partial charge in [-0.05, 0) is 77.6 Å². The van der Waals surface area contributed by atoms with Crippen molar-refractivity contribution in [2.45, 2.75) is 73.1 Å². The number of benzene rings is 2. The number of hydrogen-bond acceptors (Lipinski definition) is 4. The number of carbonyl (C=O) groups excluding carboxylic acids is 3. The molecule has 0 aliphatic rings. The molecule has 0 aliphatic heterocycles. The average Bonchev–Trinajstić information content (AvgIpc) is 2.72. The number of amides is 3. The predicted molar refractivity (Wildman–Crippen MR) is 135 cm³/mol. The maximum absolute atomic E-state index is 13.7. The number of nitrogens with zero attached hydrogens (tertiary/aromatic N) is 1. The Labute approximate surface area is 202 Å². The number of rotatable bonds is 7. The summed E-state index contributed by atoms with van der Waals surface area (Å²) in [4.78, 5) is 40.7. The van der Waals surface area contributed by atoms with Gasteiger partial charge in [-0.15, -0.1) is 0 Å². The minimum atomic E-state index is -0.881. The van der Waals surface area contributed by atoms with Crippen LogP contribution in [0.2, 0.25) is 0 Å². The maximum Gasteiger partial charge on any atom is 0.408 e. The Bertz CT molecular complexity index is 1020. The Morgan fingerprint density at radius 3 is 2.00 bits per heavy atom. The Hall–Kier alpha value is -3.35. The van der Waals surface area contributed by atoms with Crippen molar-refractivity contribution < 1.29 is 19.1 Å². The standard InChI is InChI=1S/C27H37N3O4/c1-17(2)30(22(31)16-28-26(33)34-27(6,7)8)24(21-15-10-9-12-18(21)3)25(32)29-23-19(4)13-11-14-20(23)5/h9-15,17,24H,16H2,1-8H3,(H,28,33)(H,29,32). The number of carbonyl (C=O) groups is 3. The van der Waals surface area contributed by atoms with Gasteiger partial charge in [0.15, 0.2) is 0 Å². The molecule has 1 unspecified atom stereocenters. The zero-order valence-corrected chi connectivity index (χ0v) is 21.5. The number of nitrogens with one attached hydrogen (secondary N) is 2. The van der Waals surface area contributed by atoms with Gasteiger partial charge in [-0.1, -0.05) is 42.5 Å². The van der Waals surface area contributed by atoms with E-state index in [1.54, 1.807) is 20.8 Å². The number of anilines is 1. The molecule has 0 heterocycles. The lowest BCUT2D eigenvalue weighted by molar-refractivity contribution is -0.140. The van der Waals surface area contributed by atoms with Gasteiger partial charge in [-0.2, -0.15) is 0 Å². The van der Waals surface area contributed by atoms with Crippen LogP contribution in [0.25, 0.3) is 0 Å². The third-order valence-electron chi connectivity index (χ3n) is 5.37. The van der Waals surface area contributed by atoms with Gasteiger partial charge in [0.25, 0.3) is 5.91 Å². The molecule has 0 spiro atoms. The number of ether oxygens (including phenoxy) is 1. The maximum atomic E-state index is 13.7. The van der Waals surface area contributed by atoms with Crippen molar-refractivity contribution in [1.82, 2.24) is 10.2 Å². The molecular formula is C27H37N3O4. The van der Waals surface area contributed by atoms with E-state index < -0.39 is 17.7 Å². The summed E-state index contributed by atoms with van der Waals surface area (Å²) in [6.07, 6.45) is -0.683. The van der Waals surface area contributed by atoms with Crippen molar-refractivity contribution >= 4 is 23.6 Å². The smallest absolute Gasteiger partial charge is 0.408 e. The van der Waals surface area contributed by atoms with Crippen molar-refractivity contribution in [3.63, 3.8) is 0 Å². The molecule has 0 bridgehead atoms. The number of para-hydroxylation sites is 1. The van der Waals surface area contributed by atoms with Gasteiger partial charge in [0.05, 0.1) is 0 Å². The molecule has 0 saturated heterocycles. The van der Waals surface area contributed by atoms with Crippen molar-refractivity contribution in [2.24, 2.45) is 0 Å². The highest BCUT2D eigenvalue weighted by atomic mass is 16.6. The minimum Gasteiger partial charge on any atom is -0.444 e. The Morgan fingerprint density at radius 2 is 1.47 bits per heavy atom. The number of hydrogen-bond donors (Lipinski definition) is 2. The average molecular weight is 468 g/mol. The van der Waals surface area contributed by atoms with Crippen LogP contribution in [0.3, 0.4) is 0 Å². The quantitative estimate of drug-likeness (QED) is 0.596. The summed E-state index contributed by atoms with van der Waals surface area (Å²) in [6, 6.07) is 12.1. The molecule has 7 heteroatoms. The Morgan fingerprint density at radius 1 is 0.912 bits per heavy atom. The van der Waals surface area contributed by atoms with Crippen molar-refractivity contribution in [3.05, 3.63) is 64.7 Å². The van der Waals surface area contributed by atoms with E-state index in [-0.39, 0.29) is 24.4 Å². The van der Waals surface area contributed by atoms with E-state index in [1.165, 1.54) is 4.90 Å². The van der Waals surface area contributed by atoms with Crippen molar-refractivity contribution in [1.29, 1.82) is 0 Å². The van der Waals surface area contributed by atoms with Crippen LogP contribution < -0.4 is 10.6 Å². The highest BCUT2D eigenvalue weighted by Gasteiger charge is 2.34. The van der Waals surface area contributed by atoms with E-state index in [2.05, 4.69) is 10.6 Å². The van der Waals surface area contributed by atoms with E-state index in [0.717, 1.165) is 27.9 Å². The fraction of sp³-hybridized carbons (Fsp3) is 0.444. The van der Waals surface area contributed by atoms with Gasteiger partial charge in [0.1, 0.15) is 18.2 Å². The molecule has 0 aliphatic carbocycles. The zero-order chi connectivity index (χ0) is 25.6. The molecule has 184 valence electrons. The lowest BCUT2D eigenvalue weighted by Crippen LogP contribution is -2.49. The van der Waals surface area contributed by atoms with Crippen LogP contribution in [0.15, 0.2) is 42.5 Å². The van der Waals surface area contributed by atoms with Gasteiger partial charge in [-0.3, -0.25) is 9.59 Å². The van der Waals surface area contributed by atoms with E-state index in [1.807, 2.05) is 77.1 Å². The second-order valence-corrected chi connectivity index (χ2v) is 9.77. The van der Waals surface area contributed by atoms with Gasteiger partial charge >= 0.3 is 6.09 Å². The molecule has 3 amide bonds. The summed E-state index contributed by atoms with van der Waals surface area (Å²) in [5.74, 6) is -0.697. The molecule has 1 atom stereocenters. The van der Waals surface area contributed by atoms with Crippen LogP contribution in [0, 0.1) is 20.8 Å². The normalized spacial score (nSPS) is 12.1. The number of aryl methyl sites for hydroxylation is 3. The number of alkyl carbamates (subject to hydrolysis) is 1. The third kappa shape index (κ3) is 7.07. The molecule has 7 nitrogen and oxygen atoms in total. The Balaban J connectivity index is 2.41. The van der Waals surface area contributed by atoms with E-state index in [4.69, 9.17) is 4.74 Å². The molecule has 2 rings (SSSR count). The summed E-state index contributed by atoms with van der Waals surface area (Å²) in [5, 5.41) is 5.56. The Kier molecular flexibility index (Phi) is 8.85. The monoisotopic (exact) mass is 467 g/mol. The van der Waals surface area contributed by atoms with E-state index >= 15 is 0 Å². The fourth-order valence-electron chi connectivity index (χ4n) is 3.80. The first kappa shape index (κ1) is 26.9. The summed E-state index contributed by atoms with van der Waals surface area (Å²) in [7, 11) is 0.